The summed E-state index contributed by atoms with van der Waals surface area (Å²) in [5.74, 6) is 1.09. The molecule has 0 radical (unpaired) electrons. The maximum Gasteiger partial charge on any atom is 0.127 e. The fraction of sp³-hybridized carbons (Fsp3) is 0.368. The molecule has 2 aromatic carbocycles. The van der Waals surface area contributed by atoms with E-state index in [1.807, 2.05) is 7.05 Å². The Kier molecular flexibility index (Phi) is 3.19. The van der Waals surface area contributed by atoms with Gasteiger partial charge in [0.15, 0.2) is 0 Å². The Morgan fingerprint density at radius 1 is 1.00 bits per heavy atom. The second-order valence-corrected chi connectivity index (χ2v) is 6.04. The van der Waals surface area contributed by atoms with E-state index in [-0.39, 0.29) is 6.04 Å². The molecule has 1 atom stereocenters. The summed E-state index contributed by atoms with van der Waals surface area (Å²) < 4.78 is 5.89. The van der Waals surface area contributed by atoms with Gasteiger partial charge in [-0.25, -0.2) is 0 Å². The summed E-state index contributed by atoms with van der Waals surface area (Å²) >= 11 is 0. The Morgan fingerprint density at radius 3 is 2.81 bits per heavy atom. The van der Waals surface area contributed by atoms with Crippen LogP contribution in [0.1, 0.15) is 40.3 Å². The first-order valence-electron chi connectivity index (χ1n) is 7.90. The monoisotopic (exact) mass is 279 g/mol. The van der Waals surface area contributed by atoms with E-state index >= 15 is 0 Å². The molecule has 1 heterocycles. The molecule has 1 aliphatic carbocycles. The zero-order valence-electron chi connectivity index (χ0n) is 12.5. The summed E-state index contributed by atoms with van der Waals surface area (Å²) in [6, 6.07) is 13.7. The Hall–Kier alpha value is -1.80. The van der Waals surface area contributed by atoms with Crippen LogP contribution in [0.2, 0.25) is 0 Å². The van der Waals surface area contributed by atoms with Gasteiger partial charge in [-0.15, -0.1) is 0 Å². The first-order chi connectivity index (χ1) is 10.4. The van der Waals surface area contributed by atoms with Crippen LogP contribution in [0.3, 0.4) is 0 Å². The lowest BCUT2D eigenvalue weighted by Crippen LogP contribution is -2.18. The normalized spacial score (nSPS) is 17.2. The number of aryl methyl sites for hydroxylation is 2. The van der Waals surface area contributed by atoms with Crippen LogP contribution in [-0.2, 0) is 19.3 Å². The largest absolute Gasteiger partial charge is 0.493 e. The lowest BCUT2D eigenvalue weighted by molar-refractivity contribution is 0.351. The number of ether oxygens (including phenoxy) is 1. The minimum absolute atomic E-state index is 0.212. The van der Waals surface area contributed by atoms with Gasteiger partial charge in [-0.2, -0.15) is 0 Å². The predicted molar refractivity (Wildman–Crippen MR) is 85.0 cm³/mol. The van der Waals surface area contributed by atoms with Gasteiger partial charge in [0, 0.05) is 12.0 Å². The van der Waals surface area contributed by atoms with Crippen molar-refractivity contribution in [3.63, 3.8) is 0 Å². The number of benzene rings is 2. The minimum Gasteiger partial charge on any atom is -0.493 e. The van der Waals surface area contributed by atoms with E-state index in [9.17, 15) is 0 Å². The van der Waals surface area contributed by atoms with Crippen molar-refractivity contribution in [2.75, 3.05) is 13.7 Å². The van der Waals surface area contributed by atoms with Gasteiger partial charge in [0.1, 0.15) is 5.75 Å². The van der Waals surface area contributed by atoms with Gasteiger partial charge >= 0.3 is 0 Å². The van der Waals surface area contributed by atoms with Crippen molar-refractivity contribution >= 4 is 0 Å². The summed E-state index contributed by atoms with van der Waals surface area (Å²) in [6.07, 6.45) is 4.79. The van der Waals surface area contributed by atoms with Gasteiger partial charge in [0.05, 0.1) is 12.6 Å². The number of para-hydroxylation sites is 1. The number of fused-ring (bicyclic) bond motifs is 2. The van der Waals surface area contributed by atoms with Crippen molar-refractivity contribution in [1.82, 2.24) is 5.32 Å². The van der Waals surface area contributed by atoms with Crippen molar-refractivity contribution in [2.45, 2.75) is 31.7 Å². The quantitative estimate of drug-likeness (QED) is 0.929. The van der Waals surface area contributed by atoms with Crippen LogP contribution < -0.4 is 10.1 Å². The molecule has 108 valence electrons. The lowest BCUT2D eigenvalue weighted by atomic mass is 9.94. The SMILES string of the molecule is CNC(c1ccc2c(c1)CCC2)c1cccc2c1OCC2. The van der Waals surface area contributed by atoms with Crippen LogP contribution in [0.25, 0.3) is 0 Å². The van der Waals surface area contributed by atoms with Crippen molar-refractivity contribution in [2.24, 2.45) is 0 Å². The van der Waals surface area contributed by atoms with E-state index in [1.165, 1.54) is 47.1 Å². The highest BCUT2D eigenvalue weighted by atomic mass is 16.5. The molecule has 1 aliphatic heterocycles. The van der Waals surface area contributed by atoms with Gasteiger partial charge in [-0.1, -0.05) is 36.4 Å². The molecule has 0 spiro atoms. The van der Waals surface area contributed by atoms with Crippen LogP contribution >= 0.6 is 0 Å². The minimum atomic E-state index is 0.212. The molecule has 2 aliphatic rings. The maximum atomic E-state index is 5.89. The maximum absolute atomic E-state index is 5.89. The fourth-order valence-corrected chi connectivity index (χ4v) is 3.74. The molecular weight excluding hydrogens is 258 g/mol. The van der Waals surface area contributed by atoms with Crippen LogP contribution in [-0.4, -0.2) is 13.7 Å². The third kappa shape index (κ3) is 2.14. The van der Waals surface area contributed by atoms with E-state index in [2.05, 4.69) is 41.7 Å². The van der Waals surface area contributed by atoms with Gasteiger partial charge in [-0.05, 0) is 48.6 Å². The smallest absolute Gasteiger partial charge is 0.127 e. The zero-order chi connectivity index (χ0) is 14.2. The average molecular weight is 279 g/mol. The summed E-state index contributed by atoms with van der Waals surface area (Å²) in [7, 11) is 2.03. The van der Waals surface area contributed by atoms with Gasteiger partial charge < -0.3 is 10.1 Å². The number of rotatable bonds is 3. The molecule has 0 bridgehead atoms. The summed E-state index contributed by atoms with van der Waals surface area (Å²) in [6.45, 7) is 0.812. The number of hydrogen-bond donors (Lipinski definition) is 1. The van der Waals surface area contributed by atoms with E-state index in [0.717, 1.165) is 18.8 Å². The zero-order valence-corrected chi connectivity index (χ0v) is 12.5. The molecule has 2 nitrogen and oxygen atoms in total. The Balaban J connectivity index is 1.77. The number of hydrogen-bond acceptors (Lipinski definition) is 2. The Labute approximate surface area is 126 Å². The van der Waals surface area contributed by atoms with E-state index in [0.29, 0.717) is 0 Å². The van der Waals surface area contributed by atoms with Crippen LogP contribution in [0, 0.1) is 0 Å². The predicted octanol–water partition coefficient (Wildman–Crippen LogP) is 3.42. The van der Waals surface area contributed by atoms with Crippen molar-refractivity contribution in [3.05, 3.63) is 64.2 Å². The van der Waals surface area contributed by atoms with Crippen molar-refractivity contribution < 1.29 is 4.74 Å². The summed E-state index contributed by atoms with van der Waals surface area (Å²) in [5, 5.41) is 3.48. The second-order valence-electron chi connectivity index (χ2n) is 6.04. The molecule has 0 fully saturated rings. The lowest BCUT2D eigenvalue weighted by Gasteiger charge is -2.20. The Morgan fingerprint density at radius 2 is 1.90 bits per heavy atom. The highest BCUT2D eigenvalue weighted by molar-refractivity contribution is 5.49. The molecule has 0 aromatic heterocycles. The molecule has 2 heteroatoms. The molecule has 2 aromatic rings. The molecular formula is C19H21NO. The van der Waals surface area contributed by atoms with E-state index in [4.69, 9.17) is 4.74 Å². The molecule has 1 unspecified atom stereocenters. The fourth-order valence-electron chi connectivity index (χ4n) is 3.74. The number of nitrogens with one attached hydrogen (secondary N) is 1. The van der Waals surface area contributed by atoms with Gasteiger partial charge in [0.2, 0.25) is 0 Å². The van der Waals surface area contributed by atoms with Crippen molar-refractivity contribution in [1.29, 1.82) is 0 Å². The van der Waals surface area contributed by atoms with E-state index < -0.39 is 0 Å². The van der Waals surface area contributed by atoms with E-state index in [1.54, 1.807) is 0 Å². The molecule has 1 N–H and O–H groups in total. The van der Waals surface area contributed by atoms with Crippen LogP contribution in [0.5, 0.6) is 5.75 Å². The average Bonchev–Trinajstić information content (AvgIpc) is 3.16. The molecule has 4 rings (SSSR count). The van der Waals surface area contributed by atoms with Crippen LogP contribution in [0.15, 0.2) is 36.4 Å². The van der Waals surface area contributed by atoms with Gasteiger partial charge in [0.25, 0.3) is 0 Å². The first-order valence-corrected chi connectivity index (χ1v) is 7.90. The molecule has 0 amide bonds. The standard InChI is InChI=1S/C19H21NO/c1-20-18(16-9-8-13-4-2-6-15(13)12-16)17-7-3-5-14-10-11-21-19(14)17/h3,5,7-9,12,18,20H,2,4,6,10-11H2,1H3. The first kappa shape index (κ1) is 12.9. The van der Waals surface area contributed by atoms with Crippen molar-refractivity contribution in [3.8, 4) is 5.75 Å². The molecule has 0 saturated carbocycles. The molecule has 21 heavy (non-hydrogen) atoms. The highest BCUT2D eigenvalue weighted by Gasteiger charge is 2.23. The molecule has 0 saturated heterocycles. The third-order valence-electron chi connectivity index (χ3n) is 4.80. The summed E-state index contributed by atoms with van der Waals surface area (Å²) in [5.41, 5.74) is 7.02. The third-order valence-corrected chi connectivity index (χ3v) is 4.80. The second kappa shape index (κ2) is 5.19. The van der Waals surface area contributed by atoms with Crippen LogP contribution in [0.4, 0.5) is 0 Å². The summed E-state index contributed by atoms with van der Waals surface area (Å²) in [4.78, 5) is 0. The highest BCUT2D eigenvalue weighted by Crippen LogP contribution is 2.37. The topological polar surface area (TPSA) is 21.3 Å². The Bertz CT molecular complexity index is 677. The van der Waals surface area contributed by atoms with Gasteiger partial charge in [-0.3, -0.25) is 0 Å².